The van der Waals surface area contributed by atoms with Crippen LogP contribution in [0.2, 0.25) is 0 Å². The molecule has 1 aromatic heterocycles. The molecule has 0 radical (unpaired) electrons. The van der Waals surface area contributed by atoms with Crippen molar-refractivity contribution in [2.24, 2.45) is 5.92 Å². The van der Waals surface area contributed by atoms with Gasteiger partial charge in [-0.3, -0.25) is 4.79 Å². The van der Waals surface area contributed by atoms with Gasteiger partial charge in [0.1, 0.15) is 24.9 Å². The second-order valence-corrected chi connectivity index (χ2v) is 7.94. The van der Waals surface area contributed by atoms with E-state index in [1.807, 2.05) is 57.2 Å². The van der Waals surface area contributed by atoms with Crippen LogP contribution in [-0.2, 0) is 17.8 Å². The van der Waals surface area contributed by atoms with Gasteiger partial charge >= 0.3 is 0 Å². The molecule has 4 rings (SSSR count). The third-order valence-corrected chi connectivity index (χ3v) is 5.42. The third-order valence-electron chi connectivity index (χ3n) is 5.42. The second kappa shape index (κ2) is 9.20. The Kier molecular flexibility index (Phi) is 6.21. The predicted molar refractivity (Wildman–Crippen MR) is 117 cm³/mol. The standard InChI is InChI=1S/C24H28N4O3/c1-16(15-28-18(3)25-17(2)27-28)24(29)26-21(13-19-7-5-4-6-8-19)20-9-10-22-23(14-20)31-12-11-30-22/h4-10,14,16,21H,11-13,15H2,1-3H3,(H,26,29)/t16-,21+/m1/s1. The van der Waals surface area contributed by atoms with Gasteiger partial charge in [0, 0.05) is 0 Å². The first kappa shape index (κ1) is 20.9. The van der Waals surface area contributed by atoms with Crippen molar-refractivity contribution in [3.8, 4) is 11.5 Å². The van der Waals surface area contributed by atoms with E-state index in [1.54, 1.807) is 4.68 Å². The molecule has 0 saturated carbocycles. The fourth-order valence-corrected chi connectivity index (χ4v) is 3.77. The Morgan fingerprint density at radius 3 is 2.55 bits per heavy atom. The molecule has 0 saturated heterocycles. The highest BCUT2D eigenvalue weighted by Gasteiger charge is 2.23. The van der Waals surface area contributed by atoms with Crippen molar-refractivity contribution in [2.45, 2.75) is 39.8 Å². The Hall–Kier alpha value is -3.35. The SMILES string of the molecule is Cc1nc(C)n(C[C@@H](C)C(=O)N[C@@H](Cc2ccccc2)c2ccc3c(c2)OCCO3)n1. The highest BCUT2D eigenvalue weighted by atomic mass is 16.6. The van der Waals surface area contributed by atoms with Gasteiger partial charge in [0.05, 0.1) is 18.5 Å². The van der Waals surface area contributed by atoms with E-state index in [-0.39, 0.29) is 17.9 Å². The normalized spacial score (nSPS) is 14.7. The van der Waals surface area contributed by atoms with Gasteiger partial charge in [-0.15, -0.1) is 0 Å². The first-order valence-electron chi connectivity index (χ1n) is 10.6. The van der Waals surface area contributed by atoms with E-state index >= 15 is 0 Å². The van der Waals surface area contributed by atoms with Crippen LogP contribution in [0.25, 0.3) is 0 Å². The van der Waals surface area contributed by atoms with Crippen LogP contribution in [0.1, 0.15) is 35.7 Å². The number of rotatable bonds is 7. The van der Waals surface area contributed by atoms with Gasteiger partial charge in [-0.25, -0.2) is 9.67 Å². The summed E-state index contributed by atoms with van der Waals surface area (Å²) >= 11 is 0. The van der Waals surface area contributed by atoms with Crippen molar-refractivity contribution in [1.29, 1.82) is 0 Å². The number of amides is 1. The lowest BCUT2D eigenvalue weighted by Gasteiger charge is -2.24. The topological polar surface area (TPSA) is 78.3 Å². The van der Waals surface area contributed by atoms with Crippen LogP contribution in [0.3, 0.4) is 0 Å². The van der Waals surface area contributed by atoms with Crippen molar-refractivity contribution in [3.63, 3.8) is 0 Å². The molecule has 0 fully saturated rings. The van der Waals surface area contributed by atoms with E-state index in [2.05, 4.69) is 27.5 Å². The molecule has 0 bridgehead atoms. The van der Waals surface area contributed by atoms with Gasteiger partial charge in [0.2, 0.25) is 5.91 Å². The highest BCUT2D eigenvalue weighted by Crippen LogP contribution is 2.33. The number of hydrogen-bond acceptors (Lipinski definition) is 5. The summed E-state index contributed by atoms with van der Waals surface area (Å²) in [7, 11) is 0. The average Bonchev–Trinajstić information content (AvgIpc) is 3.10. The van der Waals surface area contributed by atoms with Crippen LogP contribution in [0, 0.1) is 19.8 Å². The van der Waals surface area contributed by atoms with Gasteiger partial charge < -0.3 is 14.8 Å². The molecule has 1 amide bonds. The third kappa shape index (κ3) is 5.05. The zero-order valence-electron chi connectivity index (χ0n) is 18.2. The molecular formula is C24H28N4O3. The molecule has 2 heterocycles. The lowest BCUT2D eigenvalue weighted by Crippen LogP contribution is -2.36. The van der Waals surface area contributed by atoms with E-state index in [1.165, 1.54) is 0 Å². The van der Waals surface area contributed by atoms with Crippen molar-refractivity contribution in [2.75, 3.05) is 13.2 Å². The fourth-order valence-electron chi connectivity index (χ4n) is 3.77. The van der Waals surface area contributed by atoms with Gasteiger partial charge in [0.15, 0.2) is 11.5 Å². The Balaban J connectivity index is 1.54. The zero-order chi connectivity index (χ0) is 21.8. The van der Waals surface area contributed by atoms with Crippen LogP contribution in [-0.4, -0.2) is 33.9 Å². The summed E-state index contributed by atoms with van der Waals surface area (Å²) < 4.78 is 13.2. The van der Waals surface area contributed by atoms with Crippen LogP contribution < -0.4 is 14.8 Å². The summed E-state index contributed by atoms with van der Waals surface area (Å²) in [5, 5.41) is 7.62. The van der Waals surface area contributed by atoms with Crippen LogP contribution in [0.5, 0.6) is 11.5 Å². The maximum absolute atomic E-state index is 13.1. The molecule has 0 spiro atoms. The fraction of sp³-hybridized carbons (Fsp3) is 0.375. The number of aryl methyl sites for hydroxylation is 2. The molecule has 7 nitrogen and oxygen atoms in total. The molecule has 1 N–H and O–H groups in total. The lowest BCUT2D eigenvalue weighted by molar-refractivity contribution is -0.125. The molecule has 0 aliphatic carbocycles. The summed E-state index contributed by atoms with van der Waals surface area (Å²) in [6, 6.07) is 15.9. The molecule has 2 atom stereocenters. The Labute approximate surface area is 182 Å². The van der Waals surface area contributed by atoms with E-state index in [0.29, 0.717) is 32.0 Å². The average molecular weight is 421 g/mol. The van der Waals surface area contributed by atoms with Crippen LogP contribution in [0.4, 0.5) is 0 Å². The summed E-state index contributed by atoms with van der Waals surface area (Å²) in [4.78, 5) is 17.4. The minimum absolute atomic E-state index is 0.0247. The largest absolute Gasteiger partial charge is 0.486 e. The van der Waals surface area contributed by atoms with Crippen molar-refractivity contribution in [1.82, 2.24) is 20.1 Å². The van der Waals surface area contributed by atoms with Crippen molar-refractivity contribution in [3.05, 3.63) is 71.3 Å². The maximum Gasteiger partial charge on any atom is 0.225 e. The number of nitrogens with zero attached hydrogens (tertiary/aromatic N) is 3. The Morgan fingerprint density at radius 2 is 1.84 bits per heavy atom. The quantitative estimate of drug-likeness (QED) is 0.634. The monoisotopic (exact) mass is 420 g/mol. The summed E-state index contributed by atoms with van der Waals surface area (Å²) in [6.07, 6.45) is 0.681. The first-order valence-corrected chi connectivity index (χ1v) is 10.6. The van der Waals surface area contributed by atoms with E-state index in [0.717, 1.165) is 28.5 Å². The predicted octanol–water partition coefficient (Wildman–Crippen LogP) is 3.40. The van der Waals surface area contributed by atoms with Gasteiger partial charge in [-0.1, -0.05) is 43.3 Å². The number of benzene rings is 2. The number of fused-ring (bicyclic) bond motifs is 1. The van der Waals surface area contributed by atoms with Crippen LogP contribution >= 0.6 is 0 Å². The van der Waals surface area contributed by atoms with E-state index in [4.69, 9.17) is 9.47 Å². The van der Waals surface area contributed by atoms with E-state index < -0.39 is 0 Å². The molecule has 162 valence electrons. The summed E-state index contributed by atoms with van der Waals surface area (Å²) in [5.74, 6) is 2.70. The number of ether oxygens (including phenoxy) is 2. The van der Waals surface area contributed by atoms with Gasteiger partial charge in [-0.05, 0) is 43.5 Å². The smallest absolute Gasteiger partial charge is 0.225 e. The zero-order valence-corrected chi connectivity index (χ0v) is 18.2. The molecule has 31 heavy (non-hydrogen) atoms. The molecule has 1 aliphatic heterocycles. The molecule has 7 heteroatoms. The number of carbonyl (C=O) groups is 1. The van der Waals surface area contributed by atoms with Gasteiger partial charge in [-0.2, -0.15) is 5.10 Å². The molecule has 3 aromatic rings. The number of nitrogens with one attached hydrogen (secondary N) is 1. The highest BCUT2D eigenvalue weighted by molar-refractivity contribution is 5.78. The Bertz CT molecular complexity index is 1050. The van der Waals surface area contributed by atoms with Crippen LogP contribution in [0.15, 0.2) is 48.5 Å². The molecule has 2 aromatic carbocycles. The number of hydrogen-bond donors (Lipinski definition) is 1. The minimum atomic E-state index is -0.254. The lowest BCUT2D eigenvalue weighted by atomic mass is 9.97. The Morgan fingerprint density at radius 1 is 1.10 bits per heavy atom. The second-order valence-electron chi connectivity index (χ2n) is 7.94. The number of aromatic nitrogens is 3. The van der Waals surface area contributed by atoms with Crippen molar-refractivity contribution < 1.29 is 14.3 Å². The molecule has 0 unspecified atom stereocenters. The maximum atomic E-state index is 13.1. The minimum Gasteiger partial charge on any atom is -0.486 e. The van der Waals surface area contributed by atoms with E-state index in [9.17, 15) is 4.79 Å². The molecular weight excluding hydrogens is 392 g/mol. The van der Waals surface area contributed by atoms with Crippen molar-refractivity contribution >= 4 is 5.91 Å². The van der Waals surface area contributed by atoms with Gasteiger partial charge in [0.25, 0.3) is 0 Å². The first-order chi connectivity index (χ1) is 15.0. The summed E-state index contributed by atoms with van der Waals surface area (Å²) in [5.41, 5.74) is 2.14. The molecule has 1 aliphatic rings. The summed E-state index contributed by atoms with van der Waals surface area (Å²) in [6.45, 7) is 7.23. The number of carbonyl (C=O) groups excluding carboxylic acids is 1.